The highest BCUT2D eigenvalue weighted by Gasteiger charge is 2.45. The Kier molecular flexibility index (Phi) is 4.32. The predicted octanol–water partition coefficient (Wildman–Crippen LogP) is -0.327. The summed E-state index contributed by atoms with van der Waals surface area (Å²) in [5.74, 6) is -2.91. The molecule has 9 heteroatoms. The van der Waals surface area contributed by atoms with E-state index < -0.39 is 35.6 Å². The maximum atomic E-state index is 12.8. The molecule has 2 N–H and O–H groups in total. The maximum Gasteiger partial charge on any atom is 0.264 e. The van der Waals surface area contributed by atoms with Crippen molar-refractivity contribution < 1.29 is 28.7 Å². The largest absolute Gasteiger partial charge is 0.375 e. The van der Waals surface area contributed by atoms with Gasteiger partial charge in [0.25, 0.3) is 11.8 Å². The highest BCUT2D eigenvalue weighted by molar-refractivity contribution is 6.26. The van der Waals surface area contributed by atoms with E-state index in [1.54, 1.807) is 0 Å². The third-order valence-corrected chi connectivity index (χ3v) is 4.02. The molecule has 2 heterocycles. The van der Waals surface area contributed by atoms with E-state index >= 15 is 0 Å². The fourth-order valence-electron chi connectivity index (χ4n) is 2.94. The van der Waals surface area contributed by atoms with Crippen molar-refractivity contribution in [1.82, 2.24) is 10.2 Å². The molecule has 9 nitrogen and oxygen atoms in total. The number of methoxy groups -OCH3 is 1. The molecular weight excluding hydrogens is 330 g/mol. The summed E-state index contributed by atoms with van der Waals surface area (Å²) in [6.07, 6.45) is 0.114. The van der Waals surface area contributed by atoms with Gasteiger partial charge < -0.3 is 10.1 Å². The van der Waals surface area contributed by atoms with Gasteiger partial charge in [-0.25, -0.2) is 0 Å². The van der Waals surface area contributed by atoms with Crippen LogP contribution in [0.15, 0.2) is 18.2 Å². The van der Waals surface area contributed by atoms with Crippen LogP contribution in [0.4, 0.5) is 5.69 Å². The quantitative estimate of drug-likeness (QED) is 0.721. The molecule has 0 aliphatic carbocycles. The number of ether oxygens (including phenoxy) is 1. The SMILES string of the molecule is COCC(=O)Nc1cccc2c1C(=O)N(C1CCC(=O)NC1=O)C2=O. The molecule has 1 aromatic carbocycles. The molecule has 1 atom stereocenters. The third-order valence-electron chi connectivity index (χ3n) is 4.02. The van der Waals surface area contributed by atoms with Gasteiger partial charge in [0.1, 0.15) is 12.6 Å². The molecule has 5 amide bonds. The van der Waals surface area contributed by atoms with Gasteiger partial charge in [0.2, 0.25) is 17.7 Å². The summed E-state index contributed by atoms with van der Waals surface area (Å²) >= 11 is 0. The monoisotopic (exact) mass is 345 g/mol. The highest BCUT2D eigenvalue weighted by Crippen LogP contribution is 2.32. The molecule has 1 saturated heterocycles. The molecule has 0 radical (unpaired) electrons. The van der Waals surface area contributed by atoms with Crippen LogP contribution in [0.3, 0.4) is 0 Å². The Balaban J connectivity index is 1.93. The van der Waals surface area contributed by atoms with Crippen LogP contribution in [0.25, 0.3) is 0 Å². The molecule has 1 fully saturated rings. The molecule has 2 aliphatic rings. The van der Waals surface area contributed by atoms with Crippen LogP contribution in [0.5, 0.6) is 0 Å². The minimum absolute atomic E-state index is 0.0293. The number of imide groups is 2. The normalized spacial score (nSPS) is 19.7. The number of carbonyl (C=O) groups excluding carboxylic acids is 5. The summed E-state index contributed by atoms with van der Waals surface area (Å²) in [6.45, 7) is -0.206. The van der Waals surface area contributed by atoms with E-state index in [1.165, 1.54) is 25.3 Å². The lowest BCUT2D eigenvalue weighted by Crippen LogP contribution is -2.54. The van der Waals surface area contributed by atoms with Crippen LogP contribution in [0, 0.1) is 0 Å². The van der Waals surface area contributed by atoms with Crippen molar-refractivity contribution in [3.05, 3.63) is 29.3 Å². The summed E-state index contributed by atoms with van der Waals surface area (Å²) in [4.78, 5) is 61.2. The summed E-state index contributed by atoms with van der Waals surface area (Å²) in [7, 11) is 1.36. The molecule has 0 saturated carbocycles. The van der Waals surface area contributed by atoms with Crippen LogP contribution in [-0.2, 0) is 19.1 Å². The standard InChI is InChI=1S/C16H15N3O6/c1-25-7-12(21)17-9-4-2-3-8-13(9)16(24)19(15(8)23)10-5-6-11(20)18-14(10)22/h2-4,10H,5-7H2,1H3,(H,17,21)(H,18,20,22). The Morgan fingerprint density at radius 2 is 2.04 bits per heavy atom. The van der Waals surface area contributed by atoms with E-state index in [0.717, 1.165) is 4.90 Å². The Bertz CT molecular complexity index is 803. The molecule has 1 unspecified atom stereocenters. The molecule has 25 heavy (non-hydrogen) atoms. The van der Waals surface area contributed by atoms with Gasteiger partial charge in [-0.05, 0) is 18.6 Å². The summed E-state index contributed by atoms with van der Waals surface area (Å²) in [5.41, 5.74) is 0.305. The topological polar surface area (TPSA) is 122 Å². The van der Waals surface area contributed by atoms with Crippen LogP contribution in [0.2, 0.25) is 0 Å². The highest BCUT2D eigenvalue weighted by atomic mass is 16.5. The number of nitrogens with one attached hydrogen (secondary N) is 2. The fourth-order valence-corrected chi connectivity index (χ4v) is 2.94. The zero-order valence-electron chi connectivity index (χ0n) is 13.3. The molecule has 1 aromatic rings. The summed E-state index contributed by atoms with van der Waals surface area (Å²) < 4.78 is 4.72. The van der Waals surface area contributed by atoms with Crippen molar-refractivity contribution >= 4 is 35.2 Å². The first-order valence-corrected chi connectivity index (χ1v) is 7.57. The number of hydrogen-bond acceptors (Lipinski definition) is 6. The molecule has 0 bridgehead atoms. The lowest BCUT2D eigenvalue weighted by Gasteiger charge is -2.27. The number of hydrogen-bond donors (Lipinski definition) is 2. The van der Waals surface area contributed by atoms with Crippen LogP contribution < -0.4 is 10.6 Å². The van der Waals surface area contributed by atoms with Gasteiger partial charge in [-0.15, -0.1) is 0 Å². The van der Waals surface area contributed by atoms with Gasteiger partial charge in [-0.3, -0.25) is 34.2 Å². The first-order valence-electron chi connectivity index (χ1n) is 7.57. The predicted molar refractivity (Wildman–Crippen MR) is 83.6 cm³/mol. The average Bonchev–Trinajstić information content (AvgIpc) is 2.81. The fraction of sp³-hybridized carbons (Fsp3) is 0.312. The van der Waals surface area contributed by atoms with Crippen LogP contribution in [-0.4, -0.2) is 54.2 Å². The number of piperidine rings is 1. The van der Waals surface area contributed by atoms with Crippen molar-refractivity contribution in [3.63, 3.8) is 0 Å². The lowest BCUT2D eigenvalue weighted by atomic mass is 10.0. The van der Waals surface area contributed by atoms with Crippen LogP contribution >= 0.6 is 0 Å². The van der Waals surface area contributed by atoms with Gasteiger partial charge in [0.05, 0.1) is 16.8 Å². The number of carbonyl (C=O) groups is 5. The summed E-state index contributed by atoms with van der Waals surface area (Å²) in [5, 5.41) is 4.65. The van der Waals surface area contributed by atoms with Gasteiger partial charge in [-0.1, -0.05) is 6.07 Å². The third kappa shape index (κ3) is 2.89. The molecule has 3 rings (SSSR count). The molecular formula is C16H15N3O6. The van der Waals surface area contributed by atoms with E-state index in [4.69, 9.17) is 4.74 Å². The zero-order valence-corrected chi connectivity index (χ0v) is 13.3. The summed E-state index contributed by atoms with van der Waals surface area (Å²) in [6, 6.07) is 3.42. The maximum absolute atomic E-state index is 12.8. The number of nitrogens with zero attached hydrogens (tertiary/aromatic N) is 1. The second-order valence-electron chi connectivity index (χ2n) is 5.66. The minimum Gasteiger partial charge on any atom is -0.375 e. The number of rotatable bonds is 4. The van der Waals surface area contributed by atoms with E-state index in [1.807, 2.05) is 0 Å². The van der Waals surface area contributed by atoms with E-state index in [-0.39, 0.29) is 36.3 Å². The Hall–Kier alpha value is -3.07. The number of fused-ring (bicyclic) bond motifs is 1. The number of amides is 5. The van der Waals surface area contributed by atoms with E-state index in [0.29, 0.717) is 0 Å². The van der Waals surface area contributed by atoms with E-state index in [2.05, 4.69) is 10.6 Å². The molecule has 0 spiro atoms. The Morgan fingerprint density at radius 3 is 2.72 bits per heavy atom. The van der Waals surface area contributed by atoms with Gasteiger partial charge >= 0.3 is 0 Å². The first kappa shape index (κ1) is 16.8. The Labute approximate surface area is 142 Å². The van der Waals surface area contributed by atoms with Gasteiger partial charge in [0.15, 0.2) is 0 Å². The molecule has 130 valence electrons. The zero-order chi connectivity index (χ0) is 18.1. The van der Waals surface area contributed by atoms with Crippen molar-refractivity contribution in [2.75, 3.05) is 19.0 Å². The smallest absolute Gasteiger partial charge is 0.264 e. The second kappa shape index (κ2) is 6.44. The second-order valence-corrected chi connectivity index (χ2v) is 5.66. The Morgan fingerprint density at radius 1 is 1.28 bits per heavy atom. The van der Waals surface area contributed by atoms with Gasteiger partial charge in [0, 0.05) is 13.5 Å². The van der Waals surface area contributed by atoms with E-state index in [9.17, 15) is 24.0 Å². The molecule has 0 aromatic heterocycles. The first-order chi connectivity index (χ1) is 11.9. The van der Waals surface area contributed by atoms with Crippen molar-refractivity contribution in [2.24, 2.45) is 0 Å². The number of anilines is 1. The lowest BCUT2D eigenvalue weighted by molar-refractivity contribution is -0.136. The number of benzene rings is 1. The van der Waals surface area contributed by atoms with Crippen molar-refractivity contribution in [3.8, 4) is 0 Å². The van der Waals surface area contributed by atoms with Crippen molar-refractivity contribution in [2.45, 2.75) is 18.9 Å². The van der Waals surface area contributed by atoms with Crippen molar-refractivity contribution in [1.29, 1.82) is 0 Å². The minimum atomic E-state index is -1.05. The van der Waals surface area contributed by atoms with Gasteiger partial charge in [-0.2, -0.15) is 0 Å². The molecule has 2 aliphatic heterocycles. The average molecular weight is 345 g/mol. The van der Waals surface area contributed by atoms with Crippen LogP contribution in [0.1, 0.15) is 33.6 Å².